The fourth-order valence-electron chi connectivity index (χ4n) is 3.07. The second kappa shape index (κ2) is 12.6. The van der Waals surface area contributed by atoms with Crippen molar-refractivity contribution in [3.8, 4) is 11.4 Å². The van der Waals surface area contributed by atoms with Gasteiger partial charge in [-0.25, -0.2) is 22.2 Å². The van der Waals surface area contributed by atoms with Crippen molar-refractivity contribution in [2.75, 3.05) is 33.0 Å². The molecule has 3 aromatic rings. The molecule has 2 N–H and O–H groups in total. The largest absolute Gasteiger partial charge is 0.489 e. The van der Waals surface area contributed by atoms with Gasteiger partial charge in [-0.2, -0.15) is 0 Å². The lowest BCUT2D eigenvalue weighted by atomic mass is 10.1. The summed E-state index contributed by atoms with van der Waals surface area (Å²) >= 11 is 0. The minimum Gasteiger partial charge on any atom is -0.489 e. The number of aromatic nitrogens is 3. The predicted molar refractivity (Wildman–Crippen MR) is 119 cm³/mol. The van der Waals surface area contributed by atoms with Crippen LogP contribution in [0.25, 0.3) is 5.69 Å². The number of carbonyl (C=O) groups excluding carboxylic acids is 2. The van der Waals surface area contributed by atoms with Crippen molar-refractivity contribution < 1.29 is 36.6 Å². The number of amides is 2. The number of benzene rings is 2. The van der Waals surface area contributed by atoms with Crippen LogP contribution >= 0.6 is 0 Å². The molecule has 0 radical (unpaired) electrons. The molecule has 3 rings (SSSR count). The van der Waals surface area contributed by atoms with E-state index in [1.165, 1.54) is 29.1 Å². The Kier molecular flexibility index (Phi) is 9.33. The van der Waals surface area contributed by atoms with E-state index in [1.807, 2.05) is 0 Å². The Morgan fingerprint density at radius 1 is 1.00 bits per heavy atom. The third-order valence-electron chi connectivity index (χ3n) is 4.80. The Bertz CT molecular complexity index is 1220. The Morgan fingerprint density at radius 3 is 2.53 bits per heavy atom. The molecule has 0 saturated carbocycles. The van der Waals surface area contributed by atoms with Crippen LogP contribution in [0.3, 0.4) is 0 Å². The summed E-state index contributed by atoms with van der Waals surface area (Å²) < 4.78 is 65.1. The molecule has 36 heavy (non-hydrogen) atoms. The molecule has 0 atom stereocenters. The zero-order chi connectivity index (χ0) is 26.1. The molecule has 192 valence electrons. The van der Waals surface area contributed by atoms with Gasteiger partial charge >= 0.3 is 0 Å². The number of alkyl halides is 1. The molecule has 9 nitrogen and oxygen atoms in total. The van der Waals surface area contributed by atoms with Gasteiger partial charge in [0.2, 0.25) is 0 Å². The molecule has 2 amide bonds. The van der Waals surface area contributed by atoms with Gasteiger partial charge in [0.25, 0.3) is 11.8 Å². The molecule has 1 heterocycles. The minimum atomic E-state index is -1.40. The number of rotatable bonds is 12. The third kappa shape index (κ3) is 6.56. The number of halogens is 4. The lowest BCUT2D eigenvalue weighted by Gasteiger charge is -2.13. The smallest absolute Gasteiger partial charge is 0.273 e. The number of ether oxygens (including phenoxy) is 2. The summed E-state index contributed by atoms with van der Waals surface area (Å²) in [5.74, 6) is -4.59. The van der Waals surface area contributed by atoms with Crippen molar-refractivity contribution in [2.24, 2.45) is 0 Å². The number of hydrogen-bond donors (Lipinski definition) is 2. The first-order valence-electron chi connectivity index (χ1n) is 10.9. The van der Waals surface area contributed by atoms with Gasteiger partial charge in [-0.05, 0) is 37.3 Å². The van der Waals surface area contributed by atoms with Gasteiger partial charge in [-0.3, -0.25) is 9.59 Å². The first-order valence-corrected chi connectivity index (χ1v) is 10.9. The van der Waals surface area contributed by atoms with Crippen molar-refractivity contribution in [1.82, 2.24) is 25.6 Å². The molecule has 13 heteroatoms. The number of nitrogens with zero attached hydrogens (tertiary/aromatic N) is 3. The van der Waals surface area contributed by atoms with Gasteiger partial charge in [-0.1, -0.05) is 5.21 Å². The van der Waals surface area contributed by atoms with Gasteiger partial charge in [-0.15, -0.1) is 5.10 Å². The SMILES string of the molecule is CCNC(=O)c1ccc(-n2cc(C(=O)NCc3c(F)ccc(F)c3F)nn2)c(OCCOCCF)c1. The van der Waals surface area contributed by atoms with Crippen LogP contribution in [-0.4, -0.2) is 59.8 Å². The fraction of sp³-hybridized carbons (Fsp3) is 0.304. The number of hydrogen-bond acceptors (Lipinski definition) is 6. The summed E-state index contributed by atoms with van der Waals surface area (Å²) in [5, 5.41) is 12.6. The van der Waals surface area contributed by atoms with E-state index in [0.717, 1.165) is 6.07 Å². The molecule has 0 unspecified atom stereocenters. The van der Waals surface area contributed by atoms with Gasteiger partial charge in [0.05, 0.1) is 19.4 Å². The first-order chi connectivity index (χ1) is 17.3. The fourth-order valence-corrected chi connectivity index (χ4v) is 3.07. The highest BCUT2D eigenvalue weighted by atomic mass is 19.2. The maximum atomic E-state index is 13.8. The second-order valence-corrected chi connectivity index (χ2v) is 7.24. The summed E-state index contributed by atoms with van der Waals surface area (Å²) in [6, 6.07) is 5.91. The van der Waals surface area contributed by atoms with E-state index in [4.69, 9.17) is 9.47 Å². The zero-order valence-corrected chi connectivity index (χ0v) is 19.2. The Labute approximate surface area is 203 Å². The van der Waals surface area contributed by atoms with Crippen molar-refractivity contribution in [2.45, 2.75) is 13.5 Å². The van der Waals surface area contributed by atoms with E-state index in [-0.39, 0.29) is 37.2 Å². The standard InChI is InChI=1S/C23H23F4N5O4/c1-2-28-22(33)14-3-6-19(20(11-14)36-10-9-35-8-7-24)32-13-18(30-31-32)23(34)29-12-15-16(25)4-5-17(26)21(15)27/h3-6,11,13H,2,7-10,12H2,1H3,(H,28,33)(H,29,34). The predicted octanol–water partition coefficient (Wildman–Crippen LogP) is 2.73. The first kappa shape index (κ1) is 26.6. The second-order valence-electron chi connectivity index (χ2n) is 7.24. The van der Waals surface area contributed by atoms with E-state index in [2.05, 4.69) is 20.9 Å². The molecule has 0 aliphatic rings. The normalized spacial score (nSPS) is 10.8. The van der Waals surface area contributed by atoms with Gasteiger partial charge in [0.1, 0.15) is 30.5 Å². The lowest BCUT2D eigenvalue weighted by molar-refractivity contribution is 0.0894. The highest BCUT2D eigenvalue weighted by molar-refractivity contribution is 5.95. The molecule has 0 aliphatic heterocycles. The lowest BCUT2D eigenvalue weighted by Crippen LogP contribution is -2.24. The summed E-state index contributed by atoms with van der Waals surface area (Å²) in [6.07, 6.45) is 1.24. The maximum Gasteiger partial charge on any atom is 0.273 e. The van der Waals surface area contributed by atoms with Crippen LogP contribution in [0.2, 0.25) is 0 Å². The van der Waals surface area contributed by atoms with Gasteiger partial charge in [0, 0.05) is 24.2 Å². The monoisotopic (exact) mass is 509 g/mol. The molecule has 0 bridgehead atoms. The summed E-state index contributed by atoms with van der Waals surface area (Å²) in [6.45, 7) is 0.977. The highest BCUT2D eigenvalue weighted by Gasteiger charge is 2.18. The van der Waals surface area contributed by atoms with Crippen LogP contribution in [0, 0.1) is 17.5 Å². The van der Waals surface area contributed by atoms with E-state index in [9.17, 15) is 27.2 Å². The van der Waals surface area contributed by atoms with Crippen molar-refractivity contribution >= 4 is 11.8 Å². The third-order valence-corrected chi connectivity index (χ3v) is 4.80. The van der Waals surface area contributed by atoms with Crippen LogP contribution in [0.4, 0.5) is 17.6 Å². The molecular weight excluding hydrogens is 486 g/mol. The Balaban J connectivity index is 1.78. The van der Waals surface area contributed by atoms with Crippen LogP contribution in [0.5, 0.6) is 5.75 Å². The molecule has 0 saturated heterocycles. The molecule has 0 spiro atoms. The van der Waals surface area contributed by atoms with Crippen LogP contribution in [0.15, 0.2) is 36.5 Å². The highest BCUT2D eigenvalue weighted by Crippen LogP contribution is 2.24. The Hall–Kier alpha value is -4.00. The van der Waals surface area contributed by atoms with Crippen LogP contribution in [0.1, 0.15) is 33.3 Å². The summed E-state index contributed by atoms with van der Waals surface area (Å²) in [4.78, 5) is 24.7. The van der Waals surface area contributed by atoms with Crippen molar-refractivity contribution in [3.05, 3.63) is 70.8 Å². The quantitative estimate of drug-likeness (QED) is 0.221. The van der Waals surface area contributed by atoms with Crippen LogP contribution < -0.4 is 15.4 Å². The number of carbonyl (C=O) groups is 2. The van der Waals surface area contributed by atoms with Gasteiger partial charge < -0.3 is 20.1 Å². The summed E-state index contributed by atoms with van der Waals surface area (Å²) in [5.41, 5.74) is -0.209. The van der Waals surface area contributed by atoms with Crippen LogP contribution in [-0.2, 0) is 11.3 Å². The van der Waals surface area contributed by atoms with E-state index in [1.54, 1.807) is 6.92 Å². The molecule has 0 fully saturated rings. The zero-order valence-electron chi connectivity index (χ0n) is 19.2. The number of nitrogens with one attached hydrogen (secondary N) is 2. The van der Waals surface area contributed by atoms with E-state index < -0.39 is 42.1 Å². The average Bonchev–Trinajstić information content (AvgIpc) is 3.36. The van der Waals surface area contributed by atoms with Crippen molar-refractivity contribution in [3.63, 3.8) is 0 Å². The topological polar surface area (TPSA) is 107 Å². The molecule has 1 aromatic heterocycles. The van der Waals surface area contributed by atoms with Crippen molar-refractivity contribution in [1.29, 1.82) is 0 Å². The van der Waals surface area contributed by atoms with E-state index in [0.29, 0.717) is 23.9 Å². The molecule has 2 aromatic carbocycles. The molecule has 0 aliphatic carbocycles. The minimum absolute atomic E-state index is 0.0403. The average molecular weight is 509 g/mol. The van der Waals surface area contributed by atoms with Gasteiger partial charge in [0.15, 0.2) is 17.3 Å². The summed E-state index contributed by atoms with van der Waals surface area (Å²) in [7, 11) is 0. The Morgan fingerprint density at radius 2 is 1.78 bits per heavy atom. The van der Waals surface area contributed by atoms with E-state index >= 15 is 0 Å². The maximum absolute atomic E-state index is 13.8. The molecular formula is C23H23F4N5O4.